The molecule has 50 valence electrons. The molecular formula is C6H10N2O. The minimum atomic E-state index is -0.421. The maximum Gasteiger partial charge on any atom is 0.111 e. The van der Waals surface area contributed by atoms with Crippen molar-refractivity contribution in [3.63, 3.8) is 0 Å². The van der Waals surface area contributed by atoms with Crippen LogP contribution in [0.1, 0.15) is 0 Å². The predicted molar refractivity (Wildman–Crippen MR) is 35.8 cm³/mol. The molecule has 0 saturated carbocycles. The van der Waals surface area contributed by atoms with Crippen molar-refractivity contribution in [2.45, 2.75) is 12.1 Å². The molecule has 0 aromatic carbocycles. The fraction of sp³-hybridized carbons (Fsp3) is 0.333. The molecule has 1 rings (SSSR count). The minimum Gasteiger partial charge on any atom is -0.511 e. The molecule has 0 amide bonds. The topological polar surface area (TPSA) is 72.3 Å². The van der Waals surface area contributed by atoms with Gasteiger partial charge in [-0.3, -0.25) is 0 Å². The number of rotatable bonds is 0. The second-order valence-electron chi connectivity index (χ2n) is 2.08. The van der Waals surface area contributed by atoms with Crippen molar-refractivity contribution in [3.8, 4) is 0 Å². The summed E-state index contributed by atoms with van der Waals surface area (Å²) in [5.41, 5.74) is 10.9. The van der Waals surface area contributed by atoms with E-state index in [4.69, 9.17) is 16.6 Å². The van der Waals surface area contributed by atoms with Gasteiger partial charge in [-0.15, -0.1) is 0 Å². The third-order valence-electron chi connectivity index (χ3n) is 1.36. The van der Waals surface area contributed by atoms with E-state index in [-0.39, 0.29) is 11.8 Å². The van der Waals surface area contributed by atoms with Crippen LogP contribution in [0.4, 0.5) is 0 Å². The van der Waals surface area contributed by atoms with Crippen LogP contribution in [0.5, 0.6) is 0 Å². The van der Waals surface area contributed by atoms with Gasteiger partial charge in [-0.2, -0.15) is 0 Å². The monoisotopic (exact) mass is 126 g/mol. The molecule has 0 heterocycles. The molecule has 0 bridgehead atoms. The van der Waals surface area contributed by atoms with Crippen LogP contribution in [0.15, 0.2) is 24.0 Å². The Balaban J connectivity index is 2.73. The Hall–Kier alpha value is -0.800. The van der Waals surface area contributed by atoms with Gasteiger partial charge in [0.25, 0.3) is 0 Å². The molecule has 5 N–H and O–H groups in total. The van der Waals surface area contributed by atoms with Crippen LogP contribution >= 0.6 is 0 Å². The van der Waals surface area contributed by atoms with Crippen LogP contribution in [0.2, 0.25) is 0 Å². The number of aliphatic hydroxyl groups is 1. The van der Waals surface area contributed by atoms with Crippen LogP contribution in [0.3, 0.4) is 0 Å². The quantitative estimate of drug-likeness (QED) is 0.415. The molecule has 0 aliphatic heterocycles. The average Bonchev–Trinajstić information content (AvgIpc) is 1.83. The first-order chi connectivity index (χ1) is 4.22. The molecule has 3 nitrogen and oxygen atoms in total. The fourth-order valence-corrected chi connectivity index (χ4v) is 0.710. The number of allylic oxidation sites excluding steroid dienone is 2. The van der Waals surface area contributed by atoms with Gasteiger partial charge in [-0.05, 0) is 6.08 Å². The van der Waals surface area contributed by atoms with Crippen molar-refractivity contribution in [2.24, 2.45) is 11.5 Å². The van der Waals surface area contributed by atoms with E-state index in [1.54, 1.807) is 18.2 Å². The highest BCUT2D eigenvalue weighted by molar-refractivity contribution is 5.22. The summed E-state index contributed by atoms with van der Waals surface area (Å²) in [4.78, 5) is 0. The summed E-state index contributed by atoms with van der Waals surface area (Å²) >= 11 is 0. The van der Waals surface area contributed by atoms with Crippen LogP contribution in [0.25, 0.3) is 0 Å². The summed E-state index contributed by atoms with van der Waals surface area (Å²) in [7, 11) is 0. The van der Waals surface area contributed by atoms with Crippen molar-refractivity contribution in [1.29, 1.82) is 0 Å². The molecule has 3 heteroatoms. The van der Waals surface area contributed by atoms with E-state index in [0.29, 0.717) is 0 Å². The molecule has 0 radical (unpaired) electrons. The van der Waals surface area contributed by atoms with Gasteiger partial charge in [0.2, 0.25) is 0 Å². The smallest absolute Gasteiger partial charge is 0.111 e. The van der Waals surface area contributed by atoms with Gasteiger partial charge < -0.3 is 16.6 Å². The van der Waals surface area contributed by atoms with Crippen molar-refractivity contribution >= 4 is 0 Å². The molecule has 1 aliphatic rings. The first kappa shape index (κ1) is 6.32. The molecule has 0 fully saturated rings. The zero-order chi connectivity index (χ0) is 6.85. The van der Waals surface area contributed by atoms with E-state index < -0.39 is 6.04 Å². The van der Waals surface area contributed by atoms with E-state index >= 15 is 0 Å². The molecular weight excluding hydrogens is 116 g/mol. The lowest BCUT2D eigenvalue weighted by Crippen LogP contribution is -2.42. The Kier molecular flexibility index (Phi) is 1.55. The highest BCUT2D eigenvalue weighted by Gasteiger charge is 2.16. The number of hydrogen-bond acceptors (Lipinski definition) is 3. The van der Waals surface area contributed by atoms with Gasteiger partial charge in [-0.1, -0.05) is 12.2 Å². The largest absolute Gasteiger partial charge is 0.511 e. The normalized spacial score (nSPS) is 34.2. The molecule has 2 atom stereocenters. The second kappa shape index (κ2) is 2.21. The van der Waals surface area contributed by atoms with Crippen molar-refractivity contribution in [1.82, 2.24) is 0 Å². The SMILES string of the molecule is NC1C=CC=C(O)C1N. The molecule has 0 spiro atoms. The molecule has 1 aliphatic carbocycles. The summed E-state index contributed by atoms with van der Waals surface area (Å²) in [6.07, 6.45) is 5.00. The first-order valence-electron chi connectivity index (χ1n) is 2.80. The second-order valence-corrected chi connectivity index (χ2v) is 2.08. The van der Waals surface area contributed by atoms with E-state index in [2.05, 4.69) is 0 Å². The standard InChI is InChI=1S/C6H10N2O/c7-4-2-1-3-5(9)6(4)8/h1-4,6,9H,7-8H2. The number of aliphatic hydroxyl groups excluding tert-OH is 1. The summed E-state index contributed by atoms with van der Waals surface area (Å²) in [5.74, 6) is 0.157. The van der Waals surface area contributed by atoms with Gasteiger partial charge >= 0.3 is 0 Å². The maximum atomic E-state index is 8.95. The Morgan fingerprint density at radius 3 is 2.56 bits per heavy atom. The summed E-state index contributed by atoms with van der Waals surface area (Å²) < 4.78 is 0. The van der Waals surface area contributed by atoms with E-state index in [1.807, 2.05) is 0 Å². The number of hydrogen-bond donors (Lipinski definition) is 3. The lowest BCUT2D eigenvalue weighted by molar-refractivity contribution is 0.354. The van der Waals surface area contributed by atoms with Crippen LogP contribution in [-0.4, -0.2) is 17.2 Å². The van der Waals surface area contributed by atoms with Gasteiger partial charge in [0.15, 0.2) is 0 Å². The molecule has 2 unspecified atom stereocenters. The van der Waals surface area contributed by atoms with Crippen molar-refractivity contribution in [3.05, 3.63) is 24.0 Å². The molecule has 0 aromatic heterocycles. The Bertz CT molecular complexity index is 162. The zero-order valence-electron chi connectivity index (χ0n) is 4.99. The number of nitrogens with two attached hydrogens (primary N) is 2. The third kappa shape index (κ3) is 1.12. The van der Waals surface area contributed by atoms with Crippen LogP contribution < -0.4 is 11.5 Å². The predicted octanol–water partition coefficient (Wildman–Crippen LogP) is -0.347. The molecule has 0 aromatic rings. The maximum absolute atomic E-state index is 8.95. The van der Waals surface area contributed by atoms with Gasteiger partial charge in [-0.25, -0.2) is 0 Å². The minimum absolute atomic E-state index is 0.157. The average molecular weight is 126 g/mol. The highest BCUT2D eigenvalue weighted by atomic mass is 16.3. The van der Waals surface area contributed by atoms with E-state index in [0.717, 1.165) is 0 Å². The Morgan fingerprint density at radius 1 is 1.44 bits per heavy atom. The van der Waals surface area contributed by atoms with Crippen molar-refractivity contribution < 1.29 is 5.11 Å². The Morgan fingerprint density at radius 2 is 2.11 bits per heavy atom. The van der Waals surface area contributed by atoms with Gasteiger partial charge in [0.05, 0.1) is 6.04 Å². The lowest BCUT2D eigenvalue weighted by atomic mass is 10.0. The first-order valence-corrected chi connectivity index (χ1v) is 2.80. The molecule has 0 saturated heterocycles. The summed E-state index contributed by atoms with van der Waals surface area (Å²) in [6, 6.07) is -0.662. The lowest BCUT2D eigenvalue weighted by Gasteiger charge is -2.17. The summed E-state index contributed by atoms with van der Waals surface area (Å²) in [6.45, 7) is 0. The van der Waals surface area contributed by atoms with E-state index in [9.17, 15) is 0 Å². The van der Waals surface area contributed by atoms with Crippen LogP contribution in [0, 0.1) is 0 Å². The zero-order valence-corrected chi connectivity index (χ0v) is 4.99. The Labute approximate surface area is 53.7 Å². The third-order valence-corrected chi connectivity index (χ3v) is 1.36. The molecule has 9 heavy (non-hydrogen) atoms. The van der Waals surface area contributed by atoms with Gasteiger partial charge in [0, 0.05) is 6.04 Å². The van der Waals surface area contributed by atoms with Crippen LogP contribution in [-0.2, 0) is 0 Å². The fourth-order valence-electron chi connectivity index (χ4n) is 0.710. The summed E-state index contributed by atoms with van der Waals surface area (Å²) in [5, 5.41) is 8.95. The van der Waals surface area contributed by atoms with E-state index in [1.165, 1.54) is 0 Å². The van der Waals surface area contributed by atoms with Gasteiger partial charge in [0.1, 0.15) is 5.76 Å². The van der Waals surface area contributed by atoms with Crippen molar-refractivity contribution in [2.75, 3.05) is 0 Å². The highest BCUT2D eigenvalue weighted by Crippen LogP contribution is 2.05.